The molecule has 2 aromatic carbocycles. The van der Waals surface area contributed by atoms with Gasteiger partial charge < -0.3 is 25.0 Å². The van der Waals surface area contributed by atoms with Gasteiger partial charge in [0.15, 0.2) is 5.76 Å². The second kappa shape index (κ2) is 8.76. The van der Waals surface area contributed by atoms with Crippen LogP contribution in [0.25, 0.3) is 22.5 Å². The summed E-state index contributed by atoms with van der Waals surface area (Å²) >= 11 is 6.48. The minimum atomic E-state index is -0.456. The molecule has 0 saturated heterocycles. The molecule has 8 nitrogen and oxygen atoms in total. The average Bonchev–Trinajstić information content (AvgIpc) is 3.32. The molecular weight excluding hydrogens is 434 g/mol. The number of fused-ring (bicyclic) bond motifs is 1. The largest absolute Gasteiger partial charge is 0.504 e. The number of aliphatic hydroxyl groups is 1. The summed E-state index contributed by atoms with van der Waals surface area (Å²) < 4.78 is 10.7. The number of aliphatic hydroxyl groups excluding tert-OH is 1. The van der Waals surface area contributed by atoms with Gasteiger partial charge in [-0.3, -0.25) is 9.59 Å². The number of carbonyl (C=O) groups excluding carboxylic acids is 2. The molecule has 0 spiro atoms. The molecule has 0 radical (unpaired) electrons. The second-order valence-electron chi connectivity index (χ2n) is 7.24. The van der Waals surface area contributed by atoms with Crippen molar-refractivity contribution in [3.8, 4) is 16.9 Å². The summed E-state index contributed by atoms with van der Waals surface area (Å²) in [7, 11) is 0. The number of rotatable bonds is 6. The Morgan fingerprint density at radius 2 is 1.97 bits per heavy atom. The van der Waals surface area contributed by atoms with E-state index >= 15 is 0 Å². The molecule has 3 aromatic rings. The number of benzene rings is 2. The molecule has 3 N–H and O–H groups in total. The molecule has 32 heavy (non-hydrogen) atoms. The average molecular weight is 454 g/mol. The van der Waals surface area contributed by atoms with Gasteiger partial charge in [0.25, 0.3) is 5.91 Å². The molecule has 1 aliphatic heterocycles. The van der Waals surface area contributed by atoms with Crippen LogP contribution in [0.3, 0.4) is 0 Å². The first-order chi connectivity index (χ1) is 15.3. The summed E-state index contributed by atoms with van der Waals surface area (Å²) in [6.45, 7) is 3.93. The van der Waals surface area contributed by atoms with Crippen LogP contribution in [0.5, 0.6) is 5.75 Å². The van der Waals surface area contributed by atoms with Crippen LogP contribution in [0, 0.1) is 6.92 Å². The highest BCUT2D eigenvalue weighted by Gasteiger charge is 2.31. The normalized spacial score (nSPS) is 14.0. The van der Waals surface area contributed by atoms with Crippen LogP contribution in [-0.4, -0.2) is 35.2 Å². The Kier molecular flexibility index (Phi) is 5.87. The number of ether oxygens (including phenoxy) is 1. The van der Waals surface area contributed by atoms with Gasteiger partial charge in [-0.05, 0) is 36.8 Å². The fourth-order valence-corrected chi connectivity index (χ4v) is 3.64. The van der Waals surface area contributed by atoms with Gasteiger partial charge in [-0.2, -0.15) is 0 Å². The van der Waals surface area contributed by atoms with Crippen LogP contribution in [0.15, 0.2) is 47.0 Å². The van der Waals surface area contributed by atoms with E-state index in [-0.39, 0.29) is 23.0 Å². The SMILES string of the molecule is CC(=O)NCCOc1ccc(-c2cc3c(cc2Cl)NC(=O)C3=C(O)c2cc(C)no2)cc1. The molecule has 0 saturated carbocycles. The summed E-state index contributed by atoms with van der Waals surface area (Å²) in [4.78, 5) is 23.5. The number of halogens is 1. The van der Waals surface area contributed by atoms with E-state index in [0.717, 1.165) is 5.56 Å². The predicted octanol–water partition coefficient (Wildman–Crippen LogP) is 4.20. The maximum Gasteiger partial charge on any atom is 0.260 e. The molecule has 1 aromatic heterocycles. The molecule has 1 aliphatic rings. The maximum absolute atomic E-state index is 12.5. The van der Waals surface area contributed by atoms with Crippen LogP contribution in [0.1, 0.15) is 23.9 Å². The van der Waals surface area contributed by atoms with E-state index in [1.807, 2.05) is 12.1 Å². The van der Waals surface area contributed by atoms with Gasteiger partial charge >= 0.3 is 0 Å². The molecule has 9 heteroatoms. The van der Waals surface area contributed by atoms with E-state index in [1.54, 1.807) is 37.3 Å². The van der Waals surface area contributed by atoms with Crippen LogP contribution in [0.4, 0.5) is 5.69 Å². The van der Waals surface area contributed by atoms with Crippen molar-refractivity contribution in [1.29, 1.82) is 0 Å². The first-order valence-electron chi connectivity index (χ1n) is 9.83. The quantitative estimate of drug-likeness (QED) is 0.293. The van der Waals surface area contributed by atoms with Gasteiger partial charge in [0.2, 0.25) is 11.7 Å². The summed E-state index contributed by atoms with van der Waals surface area (Å²) in [5.41, 5.74) is 3.18. The third-order valence-electron chi connectivity index (χ3n) is 4.86. The van der Waals surface area contributed by atoms with Crippen molar-refractivity contribution < 1.29 is 24.0 Å². The molecule has 4 rings (SSSR count). The van der Waals surface area contributed by atoms with Crippen molar-refractivity contribution in [1.82, 2.24) is 10.5 Å². The first-order valence-corrected chi connectivity index (χ1v) is 10.2. The second-order valence-corrected chi connectivity index (χ2v) is 7.65. The zero-order valence-electron chi connectivity index (χ0n) is 17.4. The van der Waals surface area contributed by atoms with Crippen molar-refractivity contribution >= 4 is 40.4 Å². The minimum absolute atomic E-state index is 0.0898. The van der Waals surface area contributed by atoms with E-state index < -0.39 is 5.91 Å². The van der Waals surface area contributed by atoms with Crippen LogP contribution >= 0.6 is 11.6 Å². The van der Waals surface area contributed by atoms with E-state index in [0.29, 0.717) is 46.4 Å². The van der Waals surface area contributed by atoms with Gasteiger partial charge in [-0.1, -0.05) is 28.9 Å². The predicted molar refractivity (Wildman–Crippen MR) is 120 cm³/mol. The Morgan fingerprint density at radius 1 is 1.22 bits per heavy atom. The lowest BCUT2D eigenvalue weighted by Crippen LogP contribution is -2.25. The molecule has 2 heterocycles. The van der Waals surface area contributed by atoms with Crippen molar-refractivity contribution in [3.05, 3.63) is 64.5 Å². The minimum Gasteiger partial charge on any atom is -0.504 e. The Labute approximate surface area is 188 Å². The molecule has 0 bridgehead atoms. The molecule has 0 aliphatic carbocycles. The molecule has 0 unspecified atom stereocenters. The van der Waals surface area contributed by atoms with Gasteiger partial charge in [-0.25, -0.2) is 0 Å². The van der Waals surface area contributed by atoms with Gasteiger partial charge in [0.1, 0.15) is 12.4 Å². The third kappa shape index (κ3) is 4.31. The summed E-state index contributed by atoms with van der Waals surface area (Å²) in [5.74, 6) is -0.105. The van der Waals surface area contributed by atoms with Crippen LogP contribution < -0.4 is 15.4 Å². The molecular formula is C23H20ClN3O5. The number of nitrogens with one attached hydrogen (secondary N) is 2. The molecule has 0 fully saturated rings. The molecule has 164 valence electrons. The Bertz CT molecular complexity index is 1230. The summed E-state index contributed by atoms with van der Waals surface area (Å²) in [5, 5.41) is 20.2. The number of anilines is 1. The maximum atomic E-state index is 12.5. The lowest BCUT2D eigenvalue weighted by molar-refractivity contribution is -0.119. The Morgan fingerprint density at radius 3 is 2.62 bits per heavy atom. The first kappa shape index (κ1) is 21.5. The topological polar surface area (TPSA) is 114 Å². The number of nitrogens with zero attached hydrogens (tertiary/aromatic N) is 1. The number of hydrogen-bond acceptors (Lipinski definition) is 6. The monoisotopic (exact) mass is 453 g/mol. The number of aryl methyl sites for hydroxylation is 1. The fourth-order valence-electron chi connectivity index (χ4n) is 3.37. The fraction of sp³-hybridized carbons (Fsp3) is 0.174. The number of carbonyl (C=O) groups is 2. The standard InChI is InChI=1S/C23H20ClN3O5/c1-12-9-20(32-27-12)22(29)21-17-10-16(18(24)11-19(17)26-23(21)30)14-3-5-15(6-4-14)31-8-7-25-13(2)28/h3-6,9-11,29H,7-8H2,1-2H3,(H,25,28)(H,26,30). The van der Waals surface area contributed by atoms with Crippen LogP contribution in [0.2, 0.25) is 5.02 Å². The Hall–Kier alpha value is -3.78. The highest BCUT2D eigenvalue weighted by atomic mass is 35.5. The lowest BCUT2D eigenvalue weighted by atomic mass is 9.98. The van der Waals surface area contributed by atoms with Gasteiger partial charge in [0.05, 0.1) is 28.5 Å². The highest BCUT2D eigenvalue weighted by molar-refractivity contribution is 6.38. The summed E-state index contributed by atoms with van der Waals surface area (Å²) in [6.07, 6.45) is 0. The van der Waals surface area contributed by atoms with E-state index in [9.17, 15) is 14.7 Å². The van der Waals surface area contributed by atoms with E-state index in [2.05, 4.69) is 15.8 Å². The zero-order valence-corrected chi connectivity index (χ0v) is 18.1. The van der Waals surface area contributed by atoms with Crippen molar-refractivity contribution in [2.24, 2.45) is 0 Å². The van der Waals surface area contributed by atoms with E-state index in [1.165, 1.54) is 6.92 Å². The Balaban J connectivity index is 1.63. The van der Waals surface area contributed by atoms with Gasteiger partial charge in [0, 0.05) is 24.1 Å². The number of aromatic nitrogens is 1. The molecule has 2 amide bonds. The van der Waals surface area contributed by atoms with Crippen molar-refractivity contribution in [2.75, 3.05) is 18.5 Å². The number of amides is 2. The van der Waals surface area contributed by atoms with E-state index in [4.69, 9.17) is 20.9 Å². The van der Waals surface area contributed by atoms with Crippen LogP contribution in [-0.2, 0) is 9.59 Å². The third-order valence-corrected chi connectivity index (χ3v) is 5.17. The van der Waals surface area contributed by atoms with Crippen molar-refractivity contribution in [3.63, 3.8) is 0 Å². The van der Waals surface area contributed by atoms with Crippen molar-refractivity contribution in [2.45, 2.75) is 13.8 Å². The zero-order chi connectivity index (χ0) is 22.8. The summed E-state index contributed by atoms with van der Waals surface area (Å²) in [6, 6.07) is 12.2. The van der Waals surface area contributed by atoms with Gasteiger partial charge in [-0.15, -0.1) is 0 Å². The lowest BCUT2D eigenvalue weighted by Gasteiger charge is -2.10. The smallest absolute Gasteiger partial charge is 0.260 e. The highest BCUT2D eigenvalue weighted by Crippen LogP contribution is 2.42. The molecule has 0 atom stereocenters. The number of hydrogen-bond donors (Lipinski definition) is 3.